The molecule has 0 aromatic heterocycles. The third-order valence-corrected chi connectivity index (χ3v) is 4.48. The maximum Gasteiger partial charge on any atom is 0.0863 e. The molecule has 0 radical (unpaired) electrons. The summed E-state index contributed by atoms with van der Waals surface area (Å²) in [5.74, 6) is 0.666. The average Bonchev–Trinajstić information content (AvgIpc) is 2.59. The van der Waals surface area contributed by atoms with Gasteiger partial charge in [0.25, 0.3) is 0 Å². The normalized spacial score (nSPS) is 40.2. The third-order valence-electron chi connectivity index (χ3n) is 4.48. The zero-order valence-corrected chi connectivity index (χ0v) is 8.92. The molecule has 2 aliphatic carbocycles. The molecule has 0 spiro atoms. The summed E-state index contributed by atoms with van der Waals surface area (Å²) in [6.07, 6.45) is 6.91. The highest BCUT2D eigenvalue weighted by molar-refractivity contribution is 5.17. The second-order valence-electron chi connectivity index (χ2n) is 5.10. The molecular weight excluding hydrogens is 174 g/mol. The molecule has 14 heavy (non-hydrogen) atoms. The minimum Gasteiger partial charge on any atom is -0.388 e. The maximum atomic E-state index is 10.4. The van der Waals surface area contributed by atoms with Gasteiger partial charge in [0.05, 0.1) is 17.1 Å². The van der Waals surface area contributed by atoms with Gasteiger partial charge in [-0.25, -0.2) is 0 Å². The highest BCUT2D eigenvalue weighted by Crippen LogP contribution is 2.56. The van der Waals surface area contributed by atoms with Crippen molar-refractivity contribution in [3.8, 4) is 6.07 Å². The molecule has 2 aliphatic rings. The lowest BCUT2D eigenvalue weighted by atomic mass is 9.61. The van der Waals surface area contributed by atoms with E-state index in [0.29, 0.717) is 5.92 Å². The van der Waals surface area contributed by atoms with Gasteiger partial charge in [-0.2, -0.15) is 5.26 Å². The second-order valence-corrected chi connectivity index (χ2v) is 5.10. The molecule has 0 aromatic carbocycles. The SMILES string of the molecule is CCC1CCC(C#N)(C2(O)CCC2)C1. The molecule has 2 fully saturated rings. The summed E-state index contributed by atoms with van der Waals surface area (Å²) in [5, 5.41) is 19.7. The van der Waals surface area contributed by atoms with E-state index in [0.717, 1.165) is 44.9 Å². The van der Waals surface area contributed by atoms with Gasteiger partial charge in [-0.3, -0.25) is 0 Å². The van der Waals surface area contributed by atoms with Crippen molar-refractivity contribution in [3.05, 3.63) is 0 Å². The summed E-state index contributed by atoms with van der Waals surface area (Å²) < 4.78 is 0. The highest BCUT2D eigenvalue weighted by Gasteiger charge is 2.56. The fraction of sp³-hybridized carbons (Fsp3) is 0.917. The standard InChI is InChI=1S/C12H19NO/c1-2-10-4-7-11(8-10,9-13)12(14)5-3-6-12/h10,14H,2-8H2,1H3. The van der Waals surface area contributed by atoms with Crippen LogP contribution in [0, 0.1) is 22.7 Å². The Morgan fingerprint density at radius 2 is 2.14 bits per heavy atom. The number of nitriles is 1. The first kappa shape index (κ1) is 9.98. The van der Waals surface area contributed by atoms with Gasteiger partial charge in [0.1, 0.15) is 0 Å². The van der Waals surface area contributed by atoms with Crippen molar-refractivity contribution in [2.75, 3.05) is 0 Å². The molecule has 0 aliphatic heterocycles. The summed E-state index contributed by atoms with van der Waals surface area (Å²) in [7, 11) is 0. The zero-order valence-electron chi connectivity index (χ0n) is 8.92. The monoisotopic (exact) mass is 193 g/mol. The van der Waals surface area contributed by atoms with Crippen molar-refractivity contribution in [2.45, 2.75) is 57.5 Å². The summed E-state index contributed by atoms with van der Waals surface area (Å²) in [4.78, 5) is 0. The topological polar surface area (TPSA) is 44.0 Å². The third kappa shape index (κ3) is 1.19. The molecule has 0 bridgehead atoms. The average molecular weight is 193 g/mol. The molecule has 2 rings (SSSR count). The van der Waals surface area contributed by atoms with E-state index in [1.165, 1.54) is 0 Å². The van der Waals surface area contributed by atoms with Crippen molar-refractivity contribution >= 4 is 0 Å². The van der Waals surface area contributed by atoms with E-state index < -0.39 is 11.0 Å². The Labute approximate surface area is 85.9 Å². The van der Waals surface area contributed by atoms with Crippen LogP contribution in [-0.4, -0.2) is 10.7 Å². The van der Waals surface area contributed by atoms with Crippen LogP contribution in [0.25, 0.3) is 0 Å². The van der Waals surface area contributed by atoms with Crippen LogP contribution in [0.15, 0.2) is 0 Å². The van der Waals surface area contributed by atoms with Gasteiger partial charge >= 0.3 is 0 Å². The lowest BCUT2D eigenvalue weighted by Crippen LogP contribution is -2.51. The minimum absolute atomic E-state index is 0.397. The number of rotatable bonds is 2. The van der Waals surface area contributed by atoms with E-state index >= 15 is 0 Å². The molecule has 78 valence electrons. The predicted molar refractivity (Wildman–Crippen MR) is 54.5 cm³/mol. The fourth-order valence-corrected chi connectivity index (χ4v) is 3.11. The molecule has 2 nitrogen and oxygen atoms in total. The Morgan fingerprint density at radius 1 is 1.43 bits per heavy atom. The van der Waals surface area contributed by atoms with Crippen molar-refractivity contribution < 1.29 is 5.11 Å². The molecular formula is C12H19NO. The summed E-state index contributed by atoms with van der Waals surface area (Å²) >= 11 is 0. The number of hydrogen-bond acceptors (Lipinski definition) is 2. The quantitative estimate of drug-likeness (QED) is 0.732. The Bertz CT molecular complexity index is 264. The summed E-state index contributed by atoms with van der Waals surface area (Å²) in [6, 6.07) is 2.43. The minimum atomic E-state index is -0.633. The molecule has 0 heterocycles. The van der Waals surface area contributed by atoms with Gasteiger partial charge in [0.15, 0.2) is 0 Å². The van der Waals surface area contributed by atoms with E-state index in [9.17, 15) is 10.4 Å². The van der Waals surface area contributed by atoms with Crippen LogP contribution < -0.4 is 0 Å². The Balaban J connectivity index is 2.16. The number of nitrogens with zero attached hydrogens (tertiary/aromatic N) is 1. The smallest absolute Gasteiger partial charge is 0.0863 e. The van der Waals surface area contributed by atoms with Gasteiger partial charge in [-0.15, -0.1) is 0 Å². The first-order valence-electron chi connectivity index (χ1n) is 5.79. The predicted octanol–water partition coefficient (Wildman–Crippen LogP) is 2.62. The summed E-state index contributed by atoms with van der Waals surface area (Å²) in [5.41, 5.74) is -1.03. The van der Waals surface area contributed by atoms with Crippen LogP contribution in [0.5, 0.6) is 0 Å². The first-order valence-corrected chi connectivity index (χ1v) is 5.79. The van der Waals surface area contributed by atoms with Crippen LogP contribution in [0.3, 0.4) is 0 Å². The van der Waals surface area contributed by atoms with E-state index in [1.807, 2.05) is 0 Å². The van der Waals surface area contributed by atoms with Crippen molar-refractivity contribution in [3.63, 3.8) is 0 Å². The number of aliphatic hydroxyl groups is 1. The second kappa shape index (κ2) is 3.24. The Morgan fingerprint density at radius 3 is 2.50 bits per heavy atom. The van der Waals surface area contributed by atoms with Gasteiger partial charge in [0.2, 0.25) is 0 Å². The van der Waals surface area contributed by atoms with Gasteiger partial charge in [-0.05, 0) is 44.4 Å². The van der Waals surface area contributed by atoms with Gasteiger partial charge < -0.3 is 5.11 Å². The molecule has 1 N–H and O–H groups in total. The fourth-order valence-electron chi connectivity index (χ4n) is 3.11. The van der Waals surface area contributed by atoms with Crippen molar-refractivity contribution in [1.82, 2.24) is 0 Å². The van der Waals surface area contributed by atoms with Crippen LogP contribution in [0.1, 0.15) is 51.9 Å². The molecule has 0 aromatic rings. The van der Waals surface area contributed by atoms with Crippen LogP contribution >= 0.6 is 0 Å². The Kier molecular flexibility index (Phi) is 2.31. The zero-order chi connectivity index (χ0) is 10.2. The highest BCUT2D eigenvalue weighted by atomic mass is 16.3. The maximum absolute atomic E-state index is 10.4. The summed E-state index contributed by atoms with van der Waals surface area (Å²) in [6.45, 7) is 2.18. The van der Waals surface area contributed by atoms with Crippen molar-refractivity contribution in [2.24, 2.45) is 11.3 Å². The van der Waals surface area contributed by atoms with E-state index in [-0.39, 0.29) is 0 Å². The lowest BCUT2D eigenvalue weighted by Gasteiger charge is -2.47. The van der Waals surface area contributed by atoms with E-state index in [4.69, 9.17) is 0 Å². The van der Waals surface area contributed by atoms with Crippen LogP contribution in [-0.2, 0) is 0 Å². The molecule has 0 saturated heterocycles. The molecule has 2 atom stereocenters. The molecule has 2 saturated carbocycles. The van der Waals surface area contributed by atoms with E-state index in [1.54, 1.807) is 0 Å². The lowest BCUT2D eigenvalue weighted by molar-refractivity contribution is -0.114. The largest absolute Gasteiger partial charge is 0.388 e. The first-order chi connectivity index (χ1) is 6.66. The van der Waals surface area contributed by atoms with Gasteiger partial charge in [0, 0.05) is 0 Å². The Hall–Kier alpha value is -0.550. The molecule has 2 heteroatoms. The van der Waals surface area contributed by atoms with Crippen molar-refractivity contribution in [1.29, 1.82) is 5.26 Å². The number of hydrogen-bond donors (Lipinski definition) is 1. The molecule has 2 unspecified atom stereocenters. The van der Waals surface area contributed by atoms with E-state index in [2.05, 4.69) is 13.0 Å². The molecule has 0 amide bonds. The van der Waals surface area contributed by atoms with Crippen LogP contribution in [0.2, 0.25) is 0 Å². The van der Waals surface area contributed by atoms with Crippen LogP contribution in [0.4, 0.5) is 0 Å². The van der Waals surface area contributed by atoms with Gasteiger partial charge in [-0.1, -0.05) is 13.3 Å².